The second kappa shape index (κ2) is 6.98. The van der Waals surface area contributed by atoms with Gasteiger partial charge in [0.15, 0.2) is 0 Å². The van der Waals surface area contributed by atoms with Gasteiger partial charge in [0.1, 0.15) is 0 Å². The van der Waals surface area contributed by atoms with Crippen LogP contribution in [0.25, 0.3) is 0 Å². The second-order valence-electron chi connectivity index (χ2n) is 4.75. The van der Waals surface area contributed by atoms with E-state index in [-0.39, 0.29) is 5.97 Å². The largest absolute Gasteiger partial charge is 0.463 e. The topological polar surface area (TPSA) is 29.5 Å². The van der Waals surface area contributed by atoms with Gasteiger partial charge in [-0.25, -0.2) is 4.79 Å². The van der Waals surface area contributed by atoms with Crippen LogP contribution in [-0.2, 0) is 16.1 Å². The molecule has 0 N–H and O–H groups in total. The Morgan fingerprint density at radius 2 is 2.11 bits per heavy atom. The molecular weight excluding hydrogens is 238 g/mol. The lowest BCUT2D eigenvalue weighted by Crippen LogP contribution is -2.28. The summed E-state index contributed by atoms with van der Waals surface area (Å²) in [6.07, 6.45) is 4.96. The summed E-state index contributed by atoms with van der Waals surface area (Å²) in [5, 5.41) is 0. The van der Waals surface area contributed by atoms with E-state index < -0.39 is 0 Å². The zero-order chi connectivity index (χ0) is 13.5. The van der Waals surface area contributed by atoms with Crippen molar-refractivity contribution >= 4 is 5.97 Å². The molecule has 102 valence electrons. The van der Waals surface area contributed by atoms with Crippen molar-refractivity contribution in [3.63, 3.8) is 0 Å². The van der Waals surface area contributed by atoms with E-state index in [4.69, 9.17) is 4.74 Å². The van der Waals surface area contributed by atoms with Gasteiger partial charge in [0.2, 0.25) is 0 Å². The van der Waals surface area contributed by atoms with Crippen LogP contribution in [0.4, 0.5) is 0 Å². The van der Waals surface area contributed by atoms with E-state index in [0.717, 1.165) is 31.6 Å². The number of benzene rings is 1. The first kappa shape index (κ1) is 13.7. The van der Waals surface area contributed by atoms with Crippen LogP contribution in [0.5, 0.6) is 0 Å². The van der Waals surface area contributed by atoms with Crippen LogP contribution >= 0.6 is 0 Å². The summed E-state index contributed by atoms with van der Waals surface area (Å²) in [6.45, 7) is 4.15. The smallest absolute Gasteiger partial charge is 0.332 e. The highest BCUT2D eigenvalue weighted by atomic mass is 16.5. The molecule has 0 unspecified atom stereocenters. The lowest BCUT2D eigenvalue weighted by Gasteiger charge is -2.31. The Morgan fingerprint density at radius 3 is 2.84 bits per heavy atom. The SMILES string of the molecule is CCOC(=O)C=C1CCCCN1Cc1ccccc1. The summed E-state index contributed by atoms with van der Waals surface area (Å²) in [5.74, 6) is -0.225. The first-order valence-electron chi connectivity index (χ1n) is 6.96. The molecule has 1 fully saturated rings. The van der Waals surface area contributed by atoms with Crippen molar-refractivity contribution in [1.82, 2.24) is 4.90 Å². The zero-order valence-electron chi connectivity index (χ0n) is 11.5. The molecule has 3 nitrogen and oxygen atoms in total. The van der Waals surface area contributed by atoms with Crippen LogP contribution in [-0.4, -0.2) is 24.0 Å². The molecule has 0 atom stereocenters. The summed E-state index contributed by atoms with van der Waals surface area (Å²) in [5.41, 5.74) is 2.38. The monoisotopic (exact) mass is 259 g/mol. The number of rotatable bonds is 4. The maximum atomic E-state index is 11.6. The second-order valence-corrected chi connectivity index (χ2v) is 4.75. The highest BCUT2D eigenvalue weighted by Crippen LogP contribution is 2.22. The van der Waals surface area contributed by atoms with Crippen LogP contribution in [0.2, 0.25) is 0 Å². The van der Waals surface area contributed by atoms with Gasteiger partial charge in [0.05, 0.1) is 6.61 Å². The molecule has 0 amide bonds. The van der Waals surface area contributed by atoms with E-state index in [9.17, 15) is 4.79 Å². The Balaban J connectivity index is 2.05. The number of carbonyl (C=O) groups excluding carboxylic acids is 1. The Kier molecular flexibility index (Phi) is 5.01. The van der Waals surface area contributed by atoms with Crippen LogP contribution in [0, 0.1) is 0 Å². The highest BCUT2D eigenvalue weighted by Gasteiger charge is 2.16. The quantitative estimate of drug-likeness (QED) is 0.614. The van der Waals surface area contributed by atoms with Crippen LogP contribution in [0.3, 0.4) is 0 Å². The average Bonchev–Trinajstić information content (AvgIpc) is 2.42. The van der Waals surface area contributed by atoms with Gasteiger partial charge in [-0.15, -0.1) is 0 Å². The van der Waals surface area contributed by atoms with Gasteiger partial charge in [-0.2, -0.15) is 0 Å². The number of hydrogen-bond donors (Lipinski definition) is 0. The van der Waals surface area contributed by atoms with Gasteiger partial charge in [-0.3, -0.25) is 0 Å². The van der Waals surface area contributed by atoms with E-state index in [2.05, 4.69) is 17.0 Å². The number of allylic oxidation sites excluding steroid dienone is 1. The number of nitrogens with zero attached hydrogens (tertiary/aromatic N) is 1. The van der Waals surface area contributed by atoms with Crippen molar-refractivity contribution in [2.24, 2.45) is 0 Å². The Bertz CT molecular complexity index is 439. The summed E-state index contributed by atoms with van der Waals surface area (Å²) in [7, 11) is 0. The standard InChI is InChI=1S/C16H21NO2/c1-2-19-16(18)12-15-10-6-7-11-17(15)13-14-8-4-3-5-9-14/h3-5,8-9,12H,2,6-7,10-11,13H2,1H3. The Hall–Kier alpha value is -1.77. The van der Waals surface area contributed by atoms with E-state index in [1.165, 1.54) is 12.0 Å². The molecular formula is C16H21NO2. The fourth-order valence-electron chi connectivity index (χ4n) is 2.38. The number of esters is 1. The van der Waals surface area contributed by atoms with Gasteiger partial charge >= 0.3 is 5.97 Å². The lowest BCUT2D eigenvalue weighted by atomic mass is 10.1. The molecule has 1 aliphatic heterocycles. The van der Waals surface area contributed by atoms with Gasteiger partial charge < -0.3 is 9.64 Å². The first-order chi connectivity index (χ1) is 9.29. The molecule has 1 heterocycles. The summed E-state index contributed by atoms with van der Waals surface area (Å²) in [4.78, 5) is 13.9. The molecule has 1 aromatic rings. The molecule has 2 rings (SSSR count). The number of piperidine rings is 1. The number of carbonyl (C=O) groups is 1. The van der Waals surface area contributed by atoms with Crippen molar-refractivity contribution in [1.29, 1.82) is 0 Å². The zero-order valence-corrected chi connectivity index (χ0v) is 11.5. The number of ether oxygens (including phenoxy) is 1. The minimum Gasteiger partial charge on any atom is -0.463 e. The predicted molar refractivity (Wildman–Crippen MR) is 75.4 cm³/mol. The normalized spacial score (nSPS) is 17.5. The minimum absolute atomic E-state index is 0.225. The van der Waals surface area contributed by atoms with Gasteiger partial charge in [-0.05, 0) is 31.7 Å². The van der Waals surface area contributed by atoms with Crippen molar-refractivity contribution in [2.45, 2.75) is 32.7 Å². The van der Waals surface area contributed by atoms with Crippen LogP contribution < -0.4 is 0 Å². The Labute approximate surface area is 114 Å². The van der Waals surface area contributed by atoms with Crippen LogP contribution in [0.1, 0.15) is 31.7 Å². The summed E-state index contributed by atoms with van der Waals surface area (Å²) in [6, 6.07) is 10.4. The van der Waals surface area contributed by atoms with Gasteiger partial charge in [0, 0.05) is 24.9 Å². The molecule has 1 saturated heterocycles. The third-order valence-corrected chi connectivity index (χ3v) is 3.30. The number of hydrogen-bond acceptors (Lipinski definition) is 3. The maximum absolute atomic E-state index is 11.6. The number of likely N-dealkylation sites (tertiary alicyclic amines) is 1. The third-order valence-electron chi connectivity index (χ3n) is 3.30. The molecule has 1 aliphatic rings. The van der Waals surface area contributed by atoms with Crippen molar-refractivity contribution in [3.8, 4) is 0 Å². The predicted octanol–water partition coefficient (Wildman–Crippen LogP) is 3.12. The Morgan fingerprint density at radius 1 is 1.32 bits per heavy atom. The maximum Gasteiger partial charge on any atom is 0.332 e. The summed E-state index contributed by atoms with van der Waals surface area (Å²) < 4.78 is 5.00. The molecule has 0 radical (unpaired) electrons. The first-order valence-corrected chi connectivity index (χ1v) is 6.96. The van der Waals surface area contributed by atoms with E-state index in [1.807, 2.05) is 25.1 Å². The molecule has 0 spiro atoms. The summed E-state index contributed by atoms with van der Waals surface area (Å²) >= 11 is 0. The van der Waals surface area contributed by atoms with E-state index >= 15 is 0 Å². The molecule has 0 saturated carbocycles. The van der Waals surface area contributed by atoms with Crippen molar-refractivity contribution in [3.05, 3.63) is 47.7 Å². The highest BCUT2D eigenvalue weighted by molar-refractivity contribution is 5.82. The molecule has 0 bridgehead atoms. The molecule has 0 aliphatic carbocycles. The molecule has 0 aromatic heterocycles. The van der Waals surface area contributed by atoms with Crippen molar-refractivity contribution < 1.29 is 9.53 Å². The van der Waals surface area contributed by atoms with E-state index in [0.29, 0.717) is 6.61 Å². The lowest BCUT2D eigenvalue weighted by molar-refractivity contribution is -0.137. The van der Waals surface area contributed by atoms with Gasteiger partial charge in [-0.1, -0.05) is 30.3 Å². The van der Waals surface area contributed by atoms with Crippen molar-refractivity contribution in [2.75, 3.05) is 13.2 Å². The third kappa shape index (κ3) is 4.12. The fraction of sp³-hybridized carbons (Fsp3) is 0.438. The molecule has 3 heteroatoms. The molecule has 19 heavy (non-hydrogen) atoms. The van der Waals surface area contributed by atoms with Gasteiger partial charge in [0.25, 0.3) is 0 Å². The fourth-order valence-corrected chi connectivity index (χ4v) is 2.38. The van der Waals surface area contributed by atoms with Crippen LogP contribution in [0.15, 0.2) is 42.1 Å². The van der Waals surface area contributed by atoms with E-state index in [1.54, 1.807) is 6.08 Å². The minimum atomic E-state index is -0.225. The average molecular weight is 259 g/mol. The molecule has 1 aromatic carbocycles.